The fourth-order valence-electron chi connectivity index (χ4n) is 3.01. The van der Waals surface area contributed by atoms with Gasteiger partial charge in [-0.05, 0) is 36.1 Å². The van der Waals surface area contributed by atoms with Gasteiger partial charge in [0.25, 0.3) is 5.91 Å². The summed E-state index contributed by atoms with van der Waals surface area (Å²) in [6.45, 7) is 2.20. The lowest BCUT2D eigenvalue weighted by Crippen LogP contribution is -2.46. The quantitative estimate of drug-likeness (QED) is 0.768. The van der Waals surface area contributed by atoms with E-state index in [2.05, 4.69) is 25.2 Å². The number of aromatic nitrogens is 2. The molecule has 1 amide bonds. The molecule has 0 saturated carbocycles. The molecule has 1 aromatic rings. The Morgan fingerprint density at radius 2 is 2.22 bits per heavy atom. The van der Waals surface area contributed by atoms with E-state index in [1.165, 1.54) is 12.8 Å². The second-order valence-corrected chi connectivity index (χ2v) is 4.97. The molecule has 2 aliphatic heterocycles. The molecule has 98 valence electrons. The number of piperidine rings is 1. The van der Waals surface area contributed by atoms with Gasteiger partial charge in [0, 0.05) is 18.6 Å². The van der Waals surface area contributed by atoms with Crippen LogP contribution in [0.1, 0.15) is 36.2 Å². The molecule has 0 aliphatic carbocycles. The number of hydrogen-bond donors (Lipinski definition) is 2. The standard InChI is InChI=1S/C11H17N5O2/c12-10-9(14-18-15-10)11(17)13-7-4-6-16-5-2-1-3-8(7)16/h7-8H,1-6H2,(H2,12,15)(H,13,17). The number of amides is 1. The van der Waals surface area contributed by atoms with Gasteiger partial charge in [0.2, 0.25) is 11.5 Å². The van der Waals surface area contributed by atoms with E-state index in [0.717, 1.165) is 25.9 Å². The summed E-state index contributed by atoms with van der Waals surface area (Å²) in [4.78, 5) is 14.4. The third-order valence-corrected chi connectivity index (χ3v) is 3.90. The molecule has 3 rings (SSSR count). The molecule has 2 fully saturated rings. The molecule has 7 heteroatoms. The van der Waals surface area contributed by atoms with Crippen LogP contribution < -0.4 is 11.1 Å². The van der Waals surface area contributed by atoms with Crippen molar-refractivity contribution in [1.82, 2.24) is 20.5 Å². The molecule has 2 atom stereocenters. The van der Waals surface area contributed by atoms with Crippen LogP contribution in [-0.2, 0) is 0 Å². The monoisotopic (exact) mass is 251 g/mol. The van der Waals surface area contributed by atoms with Crippen LogP contribution in [0.15, 0.2) is 4.63 Å². The van der Waals surface area contributed by atoms with E-state index in [9.17, 15) is 4.79 Å². The molecule has 0 bridgehead atoms. The SMILES string of the molecule is Nc1nonc1C(=O)NC1CCN2CCCCC12. The maximum atomic E-state index is 12.0. The number of anilines is 1. The van der Waals surface area contributed by atoms with Crippen molar-refractivity contribution in [3.05, 3.63) is 5.69 Å². The topological polar surface area (TPSA) is 97.3 Å². The number of rotatable bonds is 2. The highest BCUT2D eigenvalue weighted by molar-refractivity contribution is 5.96. The summed E-state index contributed by atoms with van der Waals surface area (Å²) >= 11 is 0. The summed E-state index contributed by atoms with van der Waals surface area (Å²) in [5.41, 5.74) is 5.60. The van der Waals surface area contributed by atoms with Gasteiger partial charge in [-0.3, -0.25) is 9.69 Å². The summed E-state index contributed by atoms with van der Waals surface area (Å²) < 4.78 is 4.44. The van der Waals surface area contributed by atoms with Gasteiger partial charge >= 0.3 is 0 Å². The molecule has 0 aromatic carbocycles. The molecular weight excluding hydrogens is 234 g/mol. The van der Waals surface area contributed by atoms with Crippen LogP contribution in [0.3, 0.4) is 0 Å². The summed E-state index contributed by atoms with van der Waals surface area (Å²) in [5.74, 6) is -0.239. The summed E-state index contributed by atoms with van der Waals surface area (Å²) in [6, 6.07) is 0.651. The minimum Gasteiger partial charge on any atom is -0.379 e. The average molecular weight is 251 g/mol. The highest BCUT2D eigenvalue weighted by Crippen LogP contribution is 2.27. The Kier molecular flexibility index (Phi) is 2.91. The number of hydrogen-bond acceptors (Lipinski definition) is 6. The van der Waals surface area contributed by atoms with Gasteiger partial charge < -0.3 is 11.1 Å². The van der Waals surface area contributed by atoms with Crippen molar-refractivity contribution in [2.45, 2.75) is 37.8 Å². The van der Waals surface area contributed by atoms with Crippen LogP contribution in [0.25, 0.3) is 0 Å². The predicted molar refractivity (Wildman–Crippen MR) is 63.8 cm³/mol. The fourth-order valence-corrected chi connectivity index (χ4v) is 3.01. The van der Waals surface area contributed by atoms with Crippen molar-refractivity contribution in [1.29, 1.82) is 0 Å². The first-order valence-electron chi connectivity index (χ1n) is 6.38. The Morgan fingerprint density at radius 3 is 3.00 bits per heavy atom. The second kappa shape index (κ2) is 4.56. The predicted octanol–water partition coefficient (Wildman–Crippen LogP) is 0.00840. The number of nitrogen functional groups attached to an aromatic ring is 1. The maximum Gasteiger partial charge on any atom is 0.277 e. The molecule has 0 spiro atoms. The molecule has 18 heavy (non-hydrogen) atoms. The zero-order chi connectivity index (χ0) is 12.5. The number of carbonyl (C=O) groups is 1. The van der Waals surface area contributed by atoms with Gasteiger partial charge in [-0.1, -0.05) is 6.42 Å². The van der Waals surface area contributed by atoms with Crippen molar-refractivity contribution in [3.63, 3.8) is 0 Å². The molecular formula is C11H17N5O2. The van der Waals surface area contributed by atoms with Gasteiger partial charge in [-0.25, -0.2) is 4.63 Å². The van der Waals surface area contributed by atoms with Crippen molar-refractivity contribution in [2.75, 3.05) is 18.8 Å². The minimum atomic E-state index is -0.286. The molecule has 7 nitrogen and oxygen atoms in total. The molecule has 3 N–H and O–H groups in total. The number of fused-ring (bicyclic) bond motifs is 1. The third kappa shape index (κ3) is 1.94. The Hall–Kier alpha value is -1.63. The van der Waals surface area contributed by atoms with Crippen LogP contribution in [-0.4, -0.2) is 46.3 Å². The first-order chi connectivity index (χ1) is 8.75. The smallest absolute Gasteiger partial charge is 0.277 e. The lowest BCUT2D eigenvalue weighted by molar-refractivity contribution is 0.0906. The second-order valence-electron chi connectivity index (χ2n) is 4.97. The van der Waals surface area contributed by atoms with Crippen molar-refractivity contribution in [2.24, 2.45) is 0 Å². The number of carbonyl (C=O) groups excluding carboxylic acids is 1. The summed E-state index contributed by atoms with van der Waals surface area (Å²) in [6.07, 6.45) is 4.64. The van der Waals surface area contributed by atoms with E-state index >= 15 is 0 Å². The maximum absolute atomic E-state index is 12.0. The van der Waals surface area contributed by atoms with E-state index < -0.39 is 0 Å². The lowest BCUT2D eigenvalue weighted by atomic mass is 9.99. The van der Waals surface area contributed by atoms with Gasteiger partial charge in [-0.2, -0.15) is 0 Å². The van der Waals surface area contributed by atoms with Crippen molar-refractivity contribution < 1.29 is 9.42 Å². The lowest BCUT2D eigenvalue weighted by Gasteiger charge is -2.32. The Labute approximate surface area is 105 Å². The van der Waals surface area contributed by atoms with Crippen LogP contribution in [0, 0.1) is 0 Å². The van der Waals surface area contributed by atoms with Crippen LogP contribution in [0.5, 0.6) is 0 Å². The van der Waals surface area contributed by atoms with Crippen LogP contribution >= 0.6 is 0 Å². The summed E-state index contributed by atoms with van der Waals surface area (Å²) in [7, 11) is 0. The molecule has 0 radical (unpaired) electrons. The van der Waals surface area contributed by atoms with Gasteiger partial charge in [0.05, 0.1) is 0 Å². The number of nitrogens with two attached hydrogens (primary N) is 1. The Balaban J connectivity index is 1.66. The molecule has 3 heterocycles. The van der Waals surface area contributed by atoms with E-state index in [-0.39, 0.29) is 23.5 Å². The highest BCUT2D eigenvalue weighted by atomic mass is 16.6. The number of nitrogens with zero attached hydrogens (tertiary/aromatic N) is 3. The largest absolute Gasteiger partial charge is 0.379 e. The molecule has 2 aliphatic rings. The Morgan fingerprint density at radius 1 is 1.33 bits per heavy atom. The molecule has 1 aromatic heterocycles. The summed E-state index contributed by atoms with van der Waals surface area (Å²) in [5, 5.41) is 9.94. The van der Waals surface area contributed by atoms with Crippen LogP contribution in [0.4, 0.5) is 5.82 Å². The van der Waals surface area contributed by atoms with E-state index in [1.54, 1.807) is 0 Å². The zero-order valence-electron chi connectivity index (χ0n) is 10.1. The number of nitrogens with one attached hydrogen (secondary N) is 1. The average Bonchev–Trinajstić information content (AvgIpc) is 2.97. The minimum absolute atomic E-state index is 0.0472. The van der Waals surface area contributed by atoms with E-state index in [0.29, 0.717) is 6.04 Å². The molecule has 2 unspecified atom stereocenters. The first kappa shape index (κ1) is 11.5. The zero-order valence-corrected chi connectivity index (χ0v) is 10.1. The van der Waals surface area contributed by atoms with E-state index in [4.69, 9.17) is 5.73 Å². The fraction of sp³-hybridized carbons (Fsp3) is 0.727. The van der Waals surface area contributed by atoms with Gasteiger partial charge in [0.15, 0.2) is 0 Å². The normalized spacial score (nSPS) is 28.0. The van der Waals surface area contributed by atoms with Crippen molar-refractivity contribution in [3.8, 4) is 0 Å². The Bertz CT molecular complexity index is 446. The first-order valence-corrected chi connectivity index (χ1v) is 6.38. The van der Waals surface area contributed by atoms with Gasteiger partial charge in [0.1, 0.15) is 0 Å². The van der Waals surface area contributed by atoms with E-state index in [1.807, 2.05) is 0 Å². The van der Waals surface area contributed by atoms with Gasteiger partial charge in [-0.15, -0.1) is 0 Å². The third-order valence-electron chi connectivity index (χ3n) is 3.90. The molecule has 2 saturated heterocycles. The van der Waals surface area contributed by atoms with Crippen molar-refractivity contribution >= 4 is 11.7 Å². The highest BCUT2D eigenvalue weighted by Gasteiger charge is 2.36. The van der Waals surface area contributed by atoms with Crippen LogP contribution in [0.2, 0.25) is 0 Å².